The lowest BCUT2D eigenvalue weighted by atomic mass is 10.2. The molecule has 2 heterocycles. The van der Waals surface area contributed by atoms with Gasteiger partial charge in [-0.2, -0.15) is 0 Å². The molecule has 0 aliphatic carbocycles. The molecule has 0 radical (unpaired) electrons. The van der Waals surface area contributed by atoms with Crippen molar-refractivity contribution in [2.75, 3.05) is 0 Å². The molecule has 140 valence electrons. The van der Waals surface area contributed by atoms with E-state index in [2.05, 4.69) is 22.1 Å². The third-order valence-corrected chi connectivity index (χ3v) is 4.43. The zero-order valence-corrected chi connectivity index (χ0v) is 15.2. The smallest absolute Gasteiger partial charge is 0.169 e. The van der Waals surface area contributed by atoms with Crippen molar-refractivity contribution in [3.05, 3.63) is 102 Å². The molecular weight excluding hydrogens is 355 g/mol. The van der Waals surface area contributed by atoms with Crippen molar-refractivity contribution in [3.8, 4) is 5.75 Å². The molecule has 28 heavy (non-hydrogen) atoms. The lowest BCUT2D eigenvalue weighted by molar-refractivity contribution is 0.300. The van der Waals surface area contributed by atoms with Gasteiger partial charge in [-0.3, -0.25) is 4.40 Å². The van der Waals surface area contributed by atoms with Gasteiger partial charge in [0.05, 0.1) is 0 Å². The second-order valence-corrected chi connectivity index (χ2v) is 6.34. The summed E-state index contributed by atoms with van der Waals surface area (Å²) in [7, 11) is 0. The van der Waals surface area contributed by atoms with Crippen LogP contribution in [0.25, 0.3) is 11.3 Å². The van der Waals surface area contributed by atoms with Gasteiger partial charge in [0.2, 0.25) is 0 Å². The van der Waals surface area contributed by atoms with Crippen LogP contribution >= 0.6 is 0 Å². The molecule has 2 aromatic heterocycles. The minimum Gasteiger partial charge on any atom is -0.489 e. The van der Waals surface area contributed by atoms with Gasteiger partial charge in [0.1, 0.15) is 24.5 Å². The van der Waals surface area contributed by atoms with Crippen LogP contribution in [0.15, 0.2) is 79.8 Å². The molecule has 0 unspecified atom stereocenters. The van der Waals surface area contributed by atoms with E-state index in [1.54, 1.807) is 24.5 Å². The number of fused-ring (bicyclic) bond motifs is 1. The van der Waals surface area contributed by atoms with Crippen LogP contribution in [0.3, 0.4) is 0 Å². The van der Waals surface area contributed by atoms with Gasteiger partial charge in [-0.05, 0) is 35.9 Å². The number of ether oxygens (including phenoxy) is 1. The van der Waals surface area contributed by atoms with Crippen LogP contribution in [0, 0.1) is 5.82 Å². The lowest BCUT2D eigenvalue weighted by Crippen LogP contribution is -2.11. The van der Waals surface area contributed by atoms with Crippen molar-refractivity contribution in [3.63, 3.8) is 0 Å². The van der Waals surface area contributed by atoms with Gasteiger partial charge < -0.3 is 10.1 Å². The van der Waals surface area contributed by atoms with Gasteiger partial charge >= 0.3 is 0 Å². The first-order valence-corrected chi connectivity index (χ1v) is 8.87. The molecule has 0 aliphatic rings. The van der Waals surface area contributed by atoms with E-state index in [0.29, 0.717) is 17.9 Å². The number of hydrogen-bond donors (Lipinski definition) is 1. The maximum Gasteiger partial charge on any atom is 0.169 e. The number of nitrogens with zero attached hydrogens (tertiary/aromatic N) is 3. The average molecular weight is 374 g/mol. The fourth-order valence-electron chi connectivity index (χ4n) is 2.87. The molecule has 2 aromatic carbocycles. The maximum atomic E-state index is 13.6. The normalized spacial score (nSPS) is 10.8. The summed E-state index contributed by atoms with van der Waals surface area (Å²) in [6, 6.07) is 18.2. The summed E-state index contributed by atoms with van der Waals surface area (Å²) in [5.41, 5.74) is 4.06. The standard InChI is InChI=1S/C22H19FN4O/c1-16(20-6-4-12-27-15-25-26-22(20)27)24-13-17-8-10-19(11-9-17)28-14-18-5-2-3-7-21(18)23/h2-12,15,24H,1,13-14H2. The van der Waals surface area contributed by atoms with Crippen molar-refractivity contribution in [1.82, 2.24) is 19.9 Å². The second-order valence-electron chi connectivity index (χ2n) is 6.34. The highest BCUT2D eigenvalue weighted by molar-refractivity contribution is 5.73. The number of benzene rings is 2. The number of rotatable bonds is 7. The monoisotopic (exact) mass is 374 g/mol. The van der Waals surface area contributed by atoms with Gasteiger partial charge in [-0.25, -0.2) is 4.39 Å². The minimum absolute atomic E-state index is 0.198. The highest BCUT2D eigenvalue weighted by atomic mass is 19.1. The van der Waals surface area contributed by atoms with Crippen LogP contribution in [-0.4, -0.2) is 14.6 Å². The molecule has 0 spiro atoms. The molecule has 0 bridgehead atoms. The third kappa shape index (κ3) is 3.86. The second kappa shape index (κ2) is 7.92. The van der Waals surface area contributed by atoms with Gasteiger partial charge in [0, 0.05) is 29.6 Å². The zero-order valence-electron chi connectivity index (χ0n) is 15.2. The largest absolute Gasteiger partial charge is 0.489 e. The van der Waals surface area contributed by atoms with Crippen molar-refractivity contribution in [2.45, 2.75) is 13.2 Å². The fraction of sp³-hybridized carbons (Fsp3) is 0.0909. The first-order valence-electron chi connectivity index (χ1n) is 8.87. The van der Waals surface area contributed by atoms with Crippen LogP contribution in [0.5, 0.6) is 5.75 Å². The Kier molecular flexibility index (Phi) is 5.01. The van der Waals surface area contributed by atoms with E-state index in [9.17, 15) is 4.39 Å². The van der Waals surface area contributed by atoms with Gasteiger partial charge in [-0.15, -0.1) is 10.2 Å². The number of aromatic nitrogens is 3. The van der Waals surface area contributed by atoms with E-state index in [1.807, 2.05) is 47.0 Å². The number of hydrogen-bond acceptors (Lipinski definition) is 4. The predicted molar refractivity (Wildman–Crippen MR) is 106 cm³/mol. The van der Waals surface area contributed by atoms with Crippen LogP contribution < -0.4 is 10.1 Å². The summed E-state index contributed by atoms with van der Waals surface area (Å²) in [4.78, 5) is 0. The molecule has 6 heteroatoms. The molecule has 0 fully saturated rings. The van der Waals surface area contributed by atoms with Crippen LogP contribution in [0.4, 0.5) is 4.39 Å². The zero-order chi connectivity index (χ0) is 19.3. The van der Waals surface area contributed by atoms with E-state index in [4.69, 9.17) is 4.74 Å². The third-order valence-electron chi connectivity index (χ3n) is 4.43. The first-order chi connectivity index (χ1) is 13.7. The SMILES string of the molecule is C=C(NCc1ccc(OCc2ccccc2F)cc1)c1cccn2cnnc12. The lowest BCUT2D eigenvalue weighted by Gasteiger charge is -2.11. The van der Waals surface area contributed by atoms with Gasteiger partial charge in [0.25, 0.3) is 0 Å². The Balaban J connectivity index is 1.35. The maximum absolute atomic E-state index is 13.6. The molecule has 0 amide bonds. The molecular formula is C22H19FN4O. The topological polar surface area (TPSA) is 51.5 Å². The van der Waals surface area contributed by atoms with Crippen molar-refractivity contribution in [1.29, 1.82) is 0 Å². The average Bonchev–Trinajstić information content (AvgIpc) is 3.21. The molecule has 0 aliphatic heterocycles. The molecule has 0 saturated carbocycles. The predicted octanol–water partition coefficient (Wildman–Crippen LogP) is 4.21. The van der Waals surface area contributed by atoms with E-state index >= 15 is 0 Å². The Bertz CT molecular complexity index is 1100. The molecule has 5 nitrogen and oxygen atoms in total. The Morgan fingerprint density at radius 1 is 1.07 bits per heavy atom. The van der Waals surface area contributed by atoms with E-state index in [0.717, 1.165) is 22.5 Å². The fourth-order valence-corrected chi connectivity index (χ4v) is 2.87. The highest BCUT2D eigenvalue weighted by Gasteiger charge is 2.07. The summed E-state index contributed by atoms with van der Waals surface area (Å²) < 4.78 is 21.2. The summed E-state index contributed by atoms with van der Waals surface area (Å²) in [6.07, 6.45) is 3.55. The van der Waals surface area contributed by atoms with Crippen LogP contribution in [0.2, 0.25) is 0 Å². The minimum atomic E-state index is -0.260. The molecule has 4 aromatic rings. The summed E-state index contributed by atoms with van der Waals surface area (Å²) in [6.45, 7) is 4.92. The van der Waals surface area contributed by atoms with E-state index in [-0.39, 0.29) is 12.4 Å². The molecule has 0 saturated heterocycles. The molecule has 1 N–H and O–H groups in total. The Morgan fingerprint density at radius 3 is 2.71 bits per heavy atom. The number of pyridine rings is 1. The Labute approximate surface area is 162 Å². The van der Waals surface area contributed by atoms with Crippen LogP contribution in [-0.2, 0) is 13.2 Å². The van der Waals surface area contributed by atoms with Crippen molar-refractivity contribution >= 4 is 11.3 Å². The van der Waals surface area contributed by atoms with Crippen molar-refractivity contribution < 1.29 is 9.13 Å². The Morgan fingerprint density at radius 2 is 1.89 bits per heavy atom. The number of nitrogens with one attached hydrogen (secondary N) is 1. The summed E-state index contributed by atoms with van der Waals surface area (Å²) in [5, 5.41) is 11.4. The molecule has 4 rings (SSSR count). The quantitative estimate of drug-likeness (QED) is 0.527. The highest BCUT2D eigenvalue weighted by Crippen LogP contribution is 2.18. The molecule has 0 atom stereocenters. The Hall–Kier alpha value is -3.67. The van der Waals surface area contributed by atoms with E-state index < -0.39 is 0 Å². The summed E-state index contributed by atoms with van der Waals surface area (Å²) >= 11 is 0. The van der Waals surface area contributed by atoms with Crippen molar-refractivity contribution in [2.24, 2.45) is 0 Å². The number of halogens is 1. The van der Waals surface area contributed by atoms with Gasteiger partial charge in [-0.1, -0.05) is 36.9 Å². The van der Waals surface area contributed by atoms with E-state index in [1.165, 1.54) is 6.07 Å². The van der Waals surface area contributed by atoms with Crippen LogP contribution in [0.1, 0.15) is 16.7 Å². The first kappa shape index (κ1) is 17.7. The van der Waals surface area contributed by atoms with Gasteiger partial charge in [0.15, 0.2) is 5.65 Å². The summed E-state index contributed by atoms with van der Waals surface area (Å²) in [5.74, 6) is 0.434.